The third kappa shape index (κ3) is 4.06. The molecule has 0 saturated heterocycles. The molecule has 2 aromatic carbocycles. The molecule has 5 nitrogen and oxygen atoms in total. The van der Waals surface area contributed by atoms with Crippen molar-refractivity contribution >= 4 is 29.2 Å². The SMILES string of the molecule is COc1ccccc1C(=O)OC(C)C(=O)Nc1cccc(Cl)c1C. The van der Waals surface area contributed by atoms with E-state index in [1.165, 1.54) is 14.0 Å². The number of anilines is 1. The van der Waals surface area contributed by atoms with Crippen LogP contribution < -0.4 is 10.1 Å². The zero-order valence-electron chi connectivity index (χ0n) is 13.6. The summed E-state index contributed by atoms with van der Waals surface area (Å²) >= 11 is 6.02. The second-order valence-electron chi connectivity index (χ2n) is 5.15. The Balaban J connectivity index is 2.06. The number of rotatable bonds is 5. The Kier molecular flexibility index (Phi) is 5.82. The molecule has 2 aromatic rings. The van der Waals surface area contributed by atoms with Crippen molar-refractivity contribution < 1.29 is 19.1 Å². The first kappa shape index (κ1) is 17.8. The molecule has 1 unspecified atom stereocenters. The Hall–Kier alpha value is -2.53. The van der Waals surface area contributed by atoms with Crippen LogP contribution in [0.2, 0.25) is 5.02 Å². The molecule has 0 aliphatic carbocycles. The van der Waals surface area contributed by atoms with Crippen molar-refractivity contribution in [1.82, 2.24) is 0 Å². The lowest BCUT2D eigenvalue weighted by Gasteiger charge is -2.16. The lowest BCUT2D eigenvalue weighted by atomic mass is 10.2. The second-order valence-corrected chi connectivity index (χ2v) is 5.56. The number of halogens is 1. The predicted molar refractivity (Wildman–Crippen MR) is 92.7 cm³/mol. The molecule has 2 rings (SSSR count). The minimum atomic E-state index is -0.971. The minimum Gasteiger partial charge on any atom is -0.496 e. The maximum atomic E-state index is 12.2. The molecule has 0 bridgehead atoms. The minimum absolute atomic E-state index is 0.263. The molecule has 1 atom stereocenters. The van der Waals surface area contributed by atoms with E-state index in [4.69, 9.17) is 21.1 Å². The molecule has 6 heteroatoms. The first-order chi connectivity index (χ1) is 11.4. The molecule has 126 valence electrons. The van der Waals surface area contributed by atoms with Crippen molar-refractivity contribution in [3.05, 3.63) is 58.6 Å². The Morgan fingerprint density at radius 3 is 2.54 bits per heavy atom. The van der Waals surface area contributed by atoms with Gasteiger partial charge in [-0.2, -0.15) is 0 Å². The molecule has 0 aromatic heterocycles. The fraction of sp³-hybridized carbons (Fsp3) is 0.222. The van der Waals surface area contributed by atoms with Gasteiger partial charge in [-0.15, -0.1) is 0 Å². The van der Waals surface area contributed by atoms with E-state index in [9.17, 15) is 9.59 Å². The normalized spacial score (nSPS) is 11.5. The molecule has 0 radical (unpaired) electrons. The number of benzene rings is 2. The van der Waals surface area contributed by atoms with Gasteiger partial charge in [0.1, 0.15) is 11.3 Å². The molecule has 1 N–H and O–H groups in total. The highest BCUT2D eigenvalue weighted by Crippen LogP contribution is 2.23. The summed E-state index contributed by atoms with van der Waals surface area (Å²) in [7, 11) is 1.46. The highest BCUT2D eigenvalue weighted by atomic mass is 35.5. The molecule has 24 heavy (non-hydrogen) atoms. The zero-order chi connectivity index (χ0) is 17.7. The largest absolute Gasteiger partial charge is 0.496 e. The summed E-state index contributed by atoms with van der Waals surface area (Å²) in [5.41, 5.74) is 1.59. The van der Waals surface area contributed by atoms with Crippen LogP contribution >= 0.6 is 11.6 Å². The third-order valence-corrected chi connectivity index (χ3v) is 3.91. The van der Waals surface area contributed by atoms with Gasteiger partial charge in [0.2, 0.25) is 0 Å². The van der Waals surface area contributed by atoms with Gasteiger partial charge in [-0.05, 0) is 43.7 Å². The molecule has 0 aliphatic rings. The van der Waals surface area contributed by atoms with Crippen molar-refractivity contribution in [2.24, 2.45) is 0 Å². The van der Waals surface area contributed by atoms with E-state index in [0.717, 1.165) is 5.56 Å². The van der Waals surface area contributed by atoms with Crippen LogP contribution in [0.1, 0.15) is 22.8 Å². The zero-order valence-corrected chi connectivity index (χ0v) is 14.4. The van der Waals surface area contributed by atoms with E-state index < -0.39 is 18.0 Å². The summed E-state index contributed by atoms with van der Waals surface area (Å²) in [6, 6.07) is 11.9. The molecular formula is C18H18ClNO4. The van der Waals surface area contributed by atoms with Crippen molar-refractivity contribution in [3.8, 4) is 5.75 Å². The number of amides is 1. The van der Waals surface area contributed by atoms with E-state index in [1.807, 2.05) is 0 Å². The number of para-hydroxylation sites is 1. The topological polar surface area (TPSA) is 64.6 Å². The first-order valence-electron chi connectivity index (χ1n) is 7.34. The van der Waals surface area contributed by atoms with Crippen LogP contribution in [0.4, 0.5) is 5.69 Å². The van der Waals surface area contributed by atoms with Gasteiger partial charge in [-0.3, -0.25) is 4.79 Å². The number of esters is 1. The summed E-state index contributed by atoms with van der Waals surface area (Å²) in [5, 5.41) is 3.25. The van der Waals surface area contributed by atoms with E-state index in [-0.39, 0.29) is 5.56 Å². The van der Waals surface area contributed by atoms with Gasteiger partial charge >= 0.3 is 5.97 Å². The van der Waals surface area contributed by atoms with Crippen LogP contribution in [0, 0.1) is 6.92 Å². The molecule has 0 spiro atoms. The van der Waals surface area contributed by atoms with E-state index in [0.29, 0.717) is 16.5 Å². The Morgan fingerprint density at radius 2 is 1.83 bits per heavy atom. The van der Waals surface area contributed by atoms with E-state index >= 15 is 0 Å². The van der Waals surface area contributed by atoms with Crippen LogP contribution in [0.3, 0.4) is 0 Å². The number of hydrogen-bond acceptors (Lipinski definition) is 4. The van der Waals surface area contributed by atoms with Gasteiger partial charge in [0, 0.05) is 10.7 Å². The molecular weight excluding hydrogens is 330 g/mol. The van der Waals surface area contributed by atoms with Crippen LogP contribution in [0.5, 0.6) is 5.75 Å². The van der Waals surface area contributed by atoms with Gasteiger partial charge in [0.25, 0.3) is 5.91 Å². The molecule has 0 fully saturated rings. The first-order valence-corrected chi connectivity index (χ1v) is 7.71. The van der Waals surface area contributed by atoms with Gasteiger partial charge in [0.15, 0.2) is 6.10 Å². The molecule has 0 aliphatic heterocycles. The predicted octanol–water partition coefficient (Wildman–Crippen LogP) is 3.84. The Bertz CT molecular complexity index is 760. The average Bonchev–Trinajstić information content (AvgIpc) is 2.58. The van der Waals surface area contributed by atoms with E-state index in [2.05, 4.69) is 5.32 Å². The highest BCUT2D eigenvalue weighted by molar-refractivity contribution is 6.31. The van der Waals surface area contributed by atoms with Crippen LogP contribution in [-0.2, 0) is 9.53 Å². The van der Waals surface area contributed by atoms with Gasteiger partial charge in [-0.25, -0.2) is 4.79 Å². The molecule has 0 heterocycles. The quantitative estimate of drug-likeness (QED) is 0.834. The van der Waals surface area contributed by atoms with Crippen molar-refractivity contribution in [2.45, 2.75) is 20.0 Å². The monoisotopic (exact) mass is 347 g/mol. The maximum Gasteiger partial charge on any atom is 0.342 e. The molecule has 0 saturated carbocycles. The number of ether oxygens (including phenoxy) is 2. The average molecular weight is 348 g/mol. The number of nitrogens with one attached hydrogen (secondary N) is 1. The summed E-state index contributed by atoms with van der Waals surface area (Å²) in [5.74, 6) is -0.678. The van der Waals surface area contributed by atoms with Gasteiger partial charge < -0.3 is 14.8 Å². The number of carbonyl (C=O) groups excluding carboxylic acids is 2. The van der Waals surface area contributed by atoms with Crippen LogP contribution in [0.15, 0.2) is 42.5 Å². The second kappa shape index (κ2) is 7.84. The summed E-state index contributed by atoms with van der Waals surface area (Å²) in [6.45, 7) is 3.30. The number of hydrogen-bond donors (Lipinski definition) is 1. The summed E-state index contributed by atoms with van der Waals surface area (Å²) < 4.78 is 10.3. The van der Waals surface area contributed by atoms with Crippen molar-refractivity contribution in [1.29, 1.82) is 0 Å². The van der Waals surface area contributed by atoms with Crippen molar-refractivity contribution in [3.63, 3.8) is 0 Å². The maximum absolute atomic E-state index is 12.2. The van der Waals surface area contributed by atoms with Gasteiger partial charge in [0.05, 0.1) is 7.11 Å². The van der Waals surface area contributed by atoms with E-state index in [1.54, 1.807) is 49.4 Å². The highest BCUT2D eigenvalue weighted by Gasteiger charge is 2.21. The number of carbonyl (C=O) groups is 2. The summed E-state index contributed by atoms with van der Waals surface area (Å²) in [4.78, 5) is 24.4. The van der Waals surface area contributed by atoms with Crippen molar-refractivity contribution in [2.75, 3.05) is 12.4 Å². The Labute approximate surface area is 145 Å². The fourth-order valence-electron chi connectivity index (χ4n) is 2.07. The number of methoxy groups -OCH3 is 1. The lowest BCUT2D eigenvalue weighted by Crippen LogP contribution is -2.30. The molecule has 1 amide bonds. The van der Waals surface area contributed by atoms with Crippen LogP contribution in [0.25, 0.3) is 0 Å². The van der Waals surface area contributed by atoms with Gasteiger partial charge in [-0.1, -0.05) is 29.8 Å². The fourth-order valence-corrected chi connectivity index (χ4v) is 2.24. The smallest absolute Gasteiger partial charge is 0.342 e. The standard InChI is InChI=1S/C18H18ClNO4/c1-11-14(19)8-6-9-15(11)20-17(21)12(2)24-18(22)13-7-4-5-10-16(13)23-3/h4-10,12H,1-3H3,(H,20,21). The third-order valence-electron chi connectivity index (χ3n) is 3.51. The van der Waals surface area contributed by atoms with Crippen LogP contribution in [-0.4, -0.2) is 25.1 Å². The Morgan fingerprint density at radius 1 is 1.12 bits per heavy atom. The lowest BCUT2D eigenvalue weighted by molar-refractivity contribution is -0.123. The summed E-state index contributed by atoms with van der Waals surface area (Å²) in [6.07, 6.45) is -0.971.